The van der Waals surface area contributed by atoms with Gasteiger partial charge in [-0.3, -0.25) is 4.79 Å². The maximum absolute atomic E-state index is 13.1. The van der Waals surface area contributed by atoms with Crippen LogP contribution in [0.25, 0.3) is 0 Å². The summed E-state index contributed by atoms with van der Waals surface area (Å²) in [5.74, 6) is -0.164. The summed E-state index contributed by atoms with van der Waals surface area (Å²) in [5, 5.41) is 54.7. The van der Waals surface area contributed by atoms with Crippen molar-refractivity contribution in [3.63, 3.8) is 0 Å². The van der Waals surface area contributed by atoms with Crippen LogP contribution in [0.15, 0.2) is 85.1 Å². The number of amides is 1. The molecule has 7 unspecified atom stereocenters. The third-order valence-corrected chi connectivity index (χ3v) is 13.8. The molecule has 0 bridgehead atoms. The van der Waals surface area contributed by atoms with E-state index in [1.54, 1.807) is 0 Å². The quantitative estimate of drug-likeness (QED) is 0.0261. The molecule has 9 heteroatoms. The number of allylic oxidation sites excluding steroid dienone is 14. The van der Waals surface area contributed by atoms with Crippen LogP contribution in [0.4, 0.5) is 0 Å². The molecule has 1 amide bonds. The molecular weight excluding hydrogens is 899 g/mol. The van der Waals surface area contributed by atoms with E-state index in [1.165, 1.54) is 122 Å². The van der Waals surface area contributed by atoms with Gasteiger partial charge in [0.15, 0.2) is 6.29 Å². The number of unbranched alkanes of at least 4 members (excludes halogenated alkanes) is 26. The predicted molar refractivity (Wildman–Crippen MR) is 304 cm³/mol. The van der Waals surface area contributed by atoms with Gasteiger partial charge in [0.2, 0.25) is 5.91 Å². The number of rotatable bonds is 50. The Bertz CT molecular complexity index is 1400. The van der Waals surface area contributed by atoms with E-state index in [9.17, 15) is 30.3 Å². The summed E-state index contributed by atoms with van der Waals surface area (Å²) in [5.41, 5.74) is 0. The first-order chi connectivity index (χ1) is 35.3. The molecule has 0 aromatic heterocycles. The fourth-order valence-electron chi connectivity index (χ4n) is 9.08. The molecule has 9 nitrogen and oxygen atoms in total. The van der Waals surface area contributed by atoms with Gasteiger partial charge in [0.1, 0.15) is 24.4 Å². The molecule has 0 spiro atoms. The highest BCUT2D eigenvalue weighted by Gasteiger charge is 2.44. The molecule has 1 saturated heterocycles. The van der Waals surface area contributed by atoms with Crippen molar-refractivity contribution in [3.05, 3.63) is 85.1 Å². The van der Waals surface area contributed by atoms with Crippen molar-refractivity contribution in [1.29, 1.82) is 0 Å². The SMILES string of the molecule is CC/C=C\C/C=C\C/C=C\C/C=C\C/C=C\C/C=C\C/C=C\CCCCCCCC(=O)NC(COC1OC(CO)C(O)C(O)C1O)C(O)CCCCCCCCCCCCCCCCCCCCCCCC. The fraction of sp³-hybridized carbons (Fsp3) is 0.762. The van der Waals surface area contributed by atoms with Gasteiger partial charge < -0.3 is 40.3 Å². The average Bonchev–Trinajstić information content (AvgIpc) is 3.38. The lowest BCUT2D eigenvalue weighted by Gasteiger charge is -2.40. The number of aliphatic hydroxyl groups excluding tert-OH is 5. The molecular formula is C63H111NO8. The zero-order chi connectivity index (χ0) is 52.2. The minimum Gasteiger partial charge on any atom is -0.394 e. The largest absolute Gasteiger partial charge is 0.394 e. The van der Waals surface area contributed by atoms with Crippen LogP contribution < -0.4 is 5.32 Å². The molecule has 0 saturated carbocycles. The Kier molecular flexibility index (Phi) is 48.5. The third-order valence-electron chi connectivity index (χ3n) is 13.8. The Morgan fingerprint density at radius 1 is 0.486 bits per heavy atom. The summed E-state index contributed by atoms with van der Waals surface area (Å²) in [6.45, 7) is 3.73. The van der Waals surface area contributed by atoms with E-state index in [2.05, 4.69) is 104 Å². The summed E-state index contributed by atoms with van der Waals surface area (Å²) in [4.78, 5) is 13.1. The lowest BCUT2D eigenvalue weighted by atomic mass is 9.99. The van der Waals surface area contributed by atoms with Crippen LogP contribution in [0.5, 0.6) is 0 Å². The first-order valence-corrected chi connectivity index (χ1v) is 29.8. The molecule has 7 atom stereocenters. The van der Waals surface area contributed by atoms with Crippen LogP contribution in [-0.2, 0) is 14.3 Å². The highest BCUT2D eigenvalue weighted by atomic mass is 16.7. The van der Waals surface area contributed by atoms with Crippen molar-refractivity contribution in [2.45, 2.75) is 294 Å². The highest BCUT2D eigenvalue weighted by Crippen LogP contribution is 2.23. The van der Waals surface area contributed by atoms with Crippen molar-refractivity contribution >= 4 is 5.91 Å². The number of ether oxygens (including phenoxy) is 2. The van der Waals surface area contributed by atoms with Crippen LogP contribution in [-0.4, -0.2) is 87.5 Å². The van der Waals surface area contributed by atoms with Gasteiger partial charge in [-0.25, -0.2) is 0 Å². The second-order valence-electron chi connectivity index (χ2n) is 20.4. The van der Waals surface area contributed by atoms with Gasteiger partial charge in [-0.05, 0) is 70.6 Å². The number of carbonyl (C=O) groups is 1. The van der Waals surface area contributed by atoms with Crippen molar-refractivity contribution < 1.29 is 39.8 Å². The molecule has 72 heavy (non-hydrogen) atoms. The van der Waals surface area contributed by atoms with Gasteiger partial charge in [-0.15, -0.1) is 0 Å². The monoisotopic (exact) mass is 1010 g/mol. The van der Waals surface area contributed by atoms with E-state index in [1.807, 2.05) is 0 Å². The van der Waals surface area contributed by atoms with Crippen LogP contribution in [0, 0.1) is 0 Å². The zero-order valence-electron chi connectivity index (χ0n) is 46.2. The first-order valence-electron chi connectivity index (χ1n) is 29.8. The number of aliphatic hydroxyl groups is 5. The summed E-state index contributed by atoms with van der Waals surface area (Å²) < 4.78 is 11.3. The minimum absolute atomic E-state index is 0.150. The maximum Gasteiger partial charge on any atom is 0.220 e. The van der Waals surface area contributed by atoms with Gasteiger partial charge >= 0.3 is 0 Å². The van der Waals surface area contributed by atoms with E-state index >= 15 is 0 Å². The number of carbonyl (C=O) groups excluding carboxylic acids is 1. The molecule has 1 aliphatic heterocycles. The molecule has 1 rings (SSSR count). The van der Waals surface area contributed by atoms with Gasteiger partial charge in [0.25, 0.3) is 0 Å². The lowest BCUT2D eigenvalue weighted by Crippen LogP contribution is -2.60. The van der Waals surface area contributed by atoms with Crippen LogP contribution >= 0.6 is 0 Å². The van der Waals surface area contributed by atoms with Crippen molar-refractivity contribution in [1.82, 2.24) is 5.32 Å². The summed E-state index contributed by atoms with van der Waals surface area (Å²) >= 11 is 0. The standard InChI is InChI=1S/C63H111NO8/c1-3-5-7-9-11-13-15-17-19-21-23-25-27-28-29-30-31-33-35-37-39-41-43-45-47-49-51-53-59(67)64-56(55-71-63-62(70)61(69)60(68)58(54-65)72-63)57(66)52-50-48-46-44-42-40-38-36-34-32-26-24-22-20-18-16-14-12-10-8-6-4-2/h5,7,11,13,17,19,23,25,28-29,31,33,37,39,56-58,60-63,65-66,68-70H,3-4,6,8-10,12,14-16,18,20-22,24,26-27,30,32,34-36,38,40-55H2,1-2H3,(H,64,67)/b7-5-,13-11-,19-17-,25-23-,29-28-,33-31-,39-37-. The van der Waals surface area contributed by atoms with Crippen LogP contribution in [0.2, 0.25) is 0 Å². The Balaban J connectivity index is 2.24. The van der Waals surface area contributed by atoms with Crippen LogP contribution in [0.3, 0.4) is 0 Å². The zero-order valence-corrected chi connectivity index (χ0v) is 46.2. The molecule has 0 aromatic rings. The molecule has 416 valence electrons. The maximum atomic E-state index is 13.1. The Morgan fingerprint density at radius 3 is 1.28 bits per heavy atom. The van der Waals surface area contributed by atoms with Gasteiger partial charge in [-0.2, -0.15) is 0 Å². The van der Waals surface area contributed by atoms with E-state index in [0.717, 1.165) is 103 Å². The second-order valence-corrected chi connectivity index (χ2v) is 20.4. The number of nitrogens with one attached hydrogen (secondary N) is 1. The van der Waals surface area contributed by atoms with Crippen molar-refractivity contribution in [2.24, 2.45) is 0 Å². The highest BCUT2D eigenvalue weighted by molar-refractivity contribution is 5.76. The molecule has 0 radical (unpaired) electrons. The van der Waals surface area contributed by atoms with Gasteiger partial charge in [0.05, 0.1) is 25.4 Å². The molecule has 6 N–H and O–H groups in total. The first kappa shape index (κ1) is 67.4. The van der Waals surface area contributed by atoms with Crippen molar-refractivity contribution in [2.75, 3.05) is 13.2 Å². The molecule has 0 aromatic carbocycles. The van der Waals surface area contributed by atoms with E-state index in [-0.39, 0.29) is 12.5 Å². The predicted octanol–water partition coefficient (Wildman–Crippen LogP) is 15.0. The minimum atomic E-state index is -1.56. The number of hydrogen-bond acceptors (Lipinski definition) is 8. The second kappa shape index (κ2) is 51.8. The average molecular weight is 1010 g/mol. The van der Waals surface area contributed by atoms with Crippen molar-refractivity contribution in [3.8, 4) is 0 Å². The summed E-state index contributed by atoms with van der Waals surface area (Å²) in [7, 11) is 0. The van der Waals surface area contributed by atoms with E-state index < -0.39 is 49.5 Å². The Labute approximate surface area is 441 Å². The Hall–Kier alpha value is -2.63. The molecule has 1 heterocycles. The smallest absolute Gasteiger partial charge is 0.220 e. The topological polar surface area (TPSA) is 149 Å². The van der Waals surface area contributed by atoms with E-state index in [0.29, 0.717) is 12.8 Å². The van der Waals surface area contributed by atoms with E-state index in [4.69, 9.17) is 9.47 Å². The molecule has 1 aliphatic rings. The number of hydrogen-bond donors (Lipinski definition) is 6. The molecule has 1 fully saturated rings. The normalized spacial score (nSPS) is 19.8. The Morgan fingerprint density at radius 2 is 0.861 bits per heavy atom. The third kappa shape index (κ3) is 40.7. The van der Waals surface area contributed by atoms with Gasteiger partial charge in [0, 0.05) is 6.42 Å². The summed E-state index contributed by atoms with van der Waals surface area (Å²) in [6, 6.07) is -0.737. The van der Waals surface area contributed by atoms with Crippen LogP contribution in [0.1, 0.15) is 251 Å². The lowest BCUT2D eigenvalue weighted by molar-refractivity contribution is -0.302. The summed E-state index contributed by atoms with van der Waals surface area (Å²) in [6.07, 6.45) is 66.0. The van der Waals surface area contributed by atoms with Gasteiger partial charge in [-0.1, -0.05) is 259 Å². The fourth-order valence-corrected chi connectivity index (χ4v) is 9.08. The molecule has 0 aliphatic carbocycles.